The summed E-state index contributed by atoms with van der Waals surface area (Å²) in [5.41, 5.74) is 0. The lowest BCUT2D eigenvalue weighted by Crippen LogP contribution is -0.569. The smallest absolute Gasteiger partial charge is 0.0462 e. The first-order valence-electron chi connectivity index (χ1n) is 0.258. The van der Waals surface area contributed by atoms with Gasteiger partial charge in [0.05, 0.1) is 0 Å². The first-order valence-corrected chi connectivity index (χ1v) is 0.258. The molecular weight excluding hydrogens is 56.0 g/mol. The highest BCUT2D eigenvalue weighted by Crippen LogP contribution is 0.586. The maximum absolute atomic E-state index is 6.50. The van der Waals surface area contributed by atoms with Crippen molar-refractivity contribution in [2.24, 2.45) is 0 Å². The predicted octanol–water partition coefficient (Wildman–Crippen LogP) is -0.523. The minimum atomic E-state index is 0. The van der Waals surface area contributed by atoms with Gasteiger partial charge in [-0.1, -0.05) is 0 Å². The van der Waals surface area contributed by atoms with E-state index in [-0.39, 0.29) is 11.6 Å². The van der Waals surface area contributed by atoms with Crippen molar-refractivity contribution in [2.45, 2.75) is 0 Å². The van der Waals surface area contributed by atoms with Crippen molar-refractivity contribution in [3.05, 3.63) is 0 Å². The van der Waals surface area contributed by atoms with E-state index in [0.717, 1.165) is 0 Å². The van der Waals surface area contributed by atoms with Gasteiger partial charge in [0.25, 0.3) is 0 Å². The van der Waals surface area contributed by atoms with Gasteiger partial charge in [0, 0.05) is 6.57 Å². The SMILES string of the molecule is C#N.N.O. The van der Waals surface area contributed by atoms with Crippen LogP contribution in [0.25, 0.3) is 0 Å². The van der Waals surface area contributed by atoms with Crippen LogP contribution in [-0.4, -0.2) is 5.48 Å². The van der Waals surface area contributed by atoms with Gasteiger partial charge in [0.15, 0.2) is 0 Å². The summed E-state index contributed by atoms with van der Waals surface area (Å²) < 4.78 is 0. The van der Waals surface area contributed by atoms with Gasteiger partial charge in [0.2, 0.25) is 0 Å². The third kappa shape index (κ3) is 0.681. The fourth-order valence-electron chi connectivity index (χ4n) is 0. The minimum Gasteiger partial charge on any atom is -0.412 e. The molecular formula is CH6N2O. The molecule has 4 heavy (non-hydrogen) atoms. The number of hydrogen-bond acceptors (Lipinski definition) is 2. The number of nitriles is 1. The largest absolute Gasteiger partial charge is 0.412 e. The molecule has 0 aliphatic carbocycles. The molecule has 0 rings (SSSR count). The molecule has 0 amide bonds. The average Bonchev–Trinajstić information content (AvgIpc) is 1.00. The molecule has 0 unspecified atom stereocenters. The van der Waals surface area contributed by atoms with E-state index >= 15 is 0 Å². The van der Waals surface area contributed by atoms with Gasteiger partial charge in [-0.3, -0.25) is 0 Å². The molecule has 0 atom stereocenters. The topological polar surface area (TPSA) is 90.3 Å². The van der Waals surface area contributed by atoms with Gasteiger partial charge in [-0.2, -0.15) is 0 Å². The van der Waals surface area contributed by atoms with E-state index in [4.69, 9.17) is 5.26 Å². The Morgan fingerprint density at radius 3 is 1.25 bits per heavy atom. The summed E-state index contributed by atoms with van der Waals surface area (Å²) in [5, 5.41) is 6.50. The van der Waals surface area contributed by atoms with Gasteiger partial charge in [-0.25, -0.2) is 5.26 Å². The van der Waals surface area contributed by atoms with Crippen LogP contribution < -0.4 is 6.15 Å². The molecule has 0 heterocycles. The summed E-state index contributed by atoms with van der Waals surface area (Å²) in [6, 6.07) is 0. The Hall–Kier alpha value is -0.590. The first-order chi connectivity index (χ1) is 1.00. The Morgan fingerprint density at radius 2 is 1.25 bits per heavy atom. The molecule has 0 fully saturated rings. The Labute approximate surface area is 24.7 Å². The monoisotopic (exact) mass is 62.0 g/mol. The van der Waals surface area contributed by atoms with Crippen molar-refractivity contribution in [1.82, 2.24) is 6.15 Å². The second-order valence-corrected chi connectivity index (χ2v) is 0. The maximum atomic E-state index is 6.50. The zero-order chi connectivity index (χ0) is 2.00. The second-order valence-electron chi connectivity index (χ2n) is 0. The number of nitrogens with zero attached hydrogens (tertiary/aromatic N) is 1. The molecule has 0 aromatic rings. The summed E-state index contributed by atoms with van der Waals surface area (Å²) in [6.07, 6.45) is 0. The van der Waals surface area contributed by atoms with Crippen LogP contribution in [0.2, 0.25) is 0 Å². The fourth-order valence-corrected chi connectivity index (χ4v) is 0. The van der Waals surface area contributed by atoms with Crippen molar-refractivity contribution < 1.29 is 5.48 Å². The van der Waals surface area contributed by atoms with Gasteiger partial charge in [-0.05, 0) is 0 Å². The molecule has 0 aromatic carbocycles. The number of hydrogen-bond donors (Lipinski definition) is 1. The Bertz CT molecular complexity index is 10.8. The molecule has 26 valence electrons. The summed E-state index contributed by atoms with van der Waals surface area (Å²) in [6.45, 7) is 3.50. The molecule has 0 saturated heterocycles. The van der Waals surface area contributed by atoms with E-state index < -0.39 is 0 Å². The van der Waals surface area contributed by atoms with Crippen LogP contribution >= 0.6 is 0 Å². The van der Waals surface area contributed by atoms with E-state index in [9.17, 15) is 0 Å². The Balaban J connectivity index is -0.00000000500. The van der Waals surface area contributed by atoms with E-state index in [1.165, 1.54) is 0 Å². The van der Waals surface area contributed by atoms with Crippen LogP contribution in [0.3, 0.4) is 0 Å². The quantitative estimate of drug-likeness (QED) is 0.409. The normalized spacial score (nSPS) is 0.500. The third-order valence-corrected chi connectivity index (χ3v) is 0. The molecule has 0 bridgehead atoms. The Kier molecular flexibility index (Phi) is 405. The summed E-state index contributed by atoms with van der Waals surface area (Å²) in [5.74, 6) is 0. The van der Waals surface area contributed by atoms with E-state index in [0.29, 0.717) is 0 Å². The molecule has 0 aliphatic heterocycles. The van der Waals surface area contributed by atoms with Crippen molar-refractivity contribution in [3.8, 4) is 6.57 Å². The second kappa shape index (κ2) is 13.8. The van der Waals surface area contributed by atoms with Crippen molar-refractivity contribution in [1.29, 1.82) is 5.26 Å². The first kappa shape index (κ1) is 118. The van der Waals surface area contributed by atoms with E-state index in [1.54, 1.807) is 0 Å². The number of rotatable bonds is 0. The molecule has 5 N–H and O–H groups in total. The van der Waals surface area contributed by atoms with Crippen molar-refractivity contribution in [2.75, 3.05) is 0 Å². The molecule has 0 aliphatic rings. The zero-order valence-electron chi connectivity index (χ0n) is 2.23. The van der Waals surface area contributed by atoms with Crippen LogP contribution in [0, 0.1) is 11.8 Å². The zero-order valence-corrected chi connectivity index (χ0v) is 2.23. The van der Waals surface area contributed by atoms with Gasteiger partial charge in [0.1, 0.15) is 0 Å². The lowest BCUT2D eigenvalue weighted by atomic mass is 11.9. The van der Waals surface area contributed by atoms with Crippen molar-refractivity contribution >= 4 is 0 Å². The lowest BCUT2D eigenvalue weighted by Gasteiger charge is -0.668. The lowest BCUT2D eigenvalue weighted by molar-refractivity contribution is 0.824. The van der Waals surface area contributed by atoms with Crippen LogP contribution in [0.1, 0.15) is 0 Å². The minimum absolute atomic E-state index is 0. The van der Waals surface area contributed by atoms with Crippen LogP contribution in [0.4, 0.5) is 0 Å². The standard InChI is InChI=1S/CHN.H3N.H2O/c1-2;;/h1H;1H3;1H2. The van der Waals surface area contributed by atoms with Crippen molar-refractivity contribution in [3.63, 3.8) is 0 Å². The third-order valence-electron chi connectivity index (χ3n) is 0. The summed E-state index contributed by atoms with van der Waals surface area (Å²) >= 11 is 0. The van der Waals surface area contributed by atoms with Gasteiger partial charge < -0.3 is 11.6 Å². The average molecular weight is 62.1 g/mol. The predicted molar refractivity (Wildman–Crippen MR) is 15.3 cm³/mol. The fraction of sp³-hybridized carbons (Fsp3) is 0. The van der Waals surface area contributed by atoms with Crippen LogP contribution in [-0.2, 0) is 0 Å². The highest BCUT2D eigenvalue weighted by atomic mass is 16.0. The highest BCUT2D eigenvalue weighted by molar-refractivity contribution is 4.03. The Morgan fingerprint density at radius 1 is 1.25 bits per heavy atom. The summed E-state index contributed by atoms with van der Waals surface area (Å²) in [7, 11) is 0. The van der Waals surface area contributed by atoms with E-state index in [1.807, 2.05) is 0 Å². The maximum Gasteiger partial charge on any atom is 0.0462 e. The molecule has 0 radical (unpaired) electrons. The molecule has 3 nitrogen and oxygen atoms in total. The van der Waals surface area contributed by atoms with Gasteiger partial charge in [-0.15, -0.1) is 0 Å². The van der Waals surface area contributed by atoms with Crippen LogP contribution in [0.15, 0.2) is 0 Å². The van der Waals surface area contributed by atoms with E-state index in [2.05, 4.69) is 6.57 Å². The summed E-state index contributed by atoms with van der Waals surface area (Å²) in [4.78, 5) is 0. The van der Waals surface area contributed by atoms with Crippen LogP contribution in [0.5, 0.6) is 0 Å². The molecule has 0 aromatic heterocycles. The van der Waals surface area contributed by atoms with Gasteiger partial charge >= 0.3 is 0 Å². The molecule has 0 spiro atoms. The highest BCUT2D eigenvalue weighted by Gasteiger charge is 0.513. The molecule has 3 heteroatoms. The molecule has 0 saturated carbocycles.